The summed E-state index contributed by atoms with van der Waals surface area (Å²) in [5.41, 5.74) is 8.81. The monoisotopic (exact) mass is 626 g/mol. The van der Waals surface area contributed by atoms with Gasteiger partial charge >= 0.3 is 0 Å². The van der Waals surface area contributed by atoms with Gasteiger partial charge in [-0.25, -0.2) is 0 Å². The molecule has 0 unspecified atom stereocenters. The smallest absolute Gasteiger partial charge is 0.0622 e. The third kappa shape index (κ3) is 4.17. The maximum atomic E-state index is 9.52. The molecule has 0 atom stereocenters. The topological polar surface area (TPSA) is 0 Å². The van der Waals surface area contributed by atoms with Gasteiger partial charge in [-0.3, -0.25) is 0 Å². The molecule has 0 fully saturated rings. The molecule has 10 rings (SSSR count). The van der Waals surface area contributed by atoms with Gasteiger partial charge in [0.2, 0.25) is 0 Å². The Balaban J connectivity index is 1.19. The van der Waals surface area contributed by atoms with E-state index in [0.29, 0.717) is 16.7 Å². The van der Waals surface area contributed by atoms with Crippen LogP contribution in [0.25, 0.3) is 87.6 Å². The van der Waals surface area contributed by atoms with Gasteiger partial charge in [0.25, 0.3) is 0 Å². The second-order valence-electron chi connectivity index (χ2n) is 13.7. The number of rotatable bonds is 3. The van der Waals surface area contributed by atoms with Crippen molar-refractivity contribution in [2.45, 2.75) is 19.3 Å². The lowest BCUT2D eigenvalue weighted by molar-refractivity contribution is 0.661. The first-order chi connectivity index (χ1) is 25.7. The summed E-state index contributed by atoms with van der Waals surface area (Å²) in [6.45, 7) is 4.50. The highest BCUT2D eigenvalue weighted by molar-refractivity contribution is 6.20. The summed E-state index contributed by atoms with van der Waals surface area (Å²) in [4.78, 5) is 0. The Bertz CT molecular complexity index is 2980. The number of fused-ring (bicyclic) bond motifs is 9. The highest BCUT2D eigenvalue weighted by Gasteiger charge is 2.37. The van der Waals surface area contributed by atoms with E-state index in [1.54, 1.807) is 0 Å². The Hall–Kier alpha value is -5.98. The average molecular weight is 627 g/mol. The lowest BCUT2D eigenvalue weighted by atomic mass is 9.80. The van der Waals surface area contributed by atoms with Crippen molar-refractivity contribution in [2.75, 3.05) is 0 Å². The first-order valence-electron chi connectivity index (χ1n) is 18.9. The Morgan fingerprint density at radius 1 is 0.367 bits per heavy atom. The largest absolute Gasteiger partial charge is 0.0629 e. The molecular formula is C49H34. The van der Waals surface area contributed by atoms with Crippen LogP contribution in [-0.4, -0.2) is 0 Å². The summed E-state index contributed by atoms with van der Waals surface area (Å²) in [7, 11) is 0. The predicted molar refractivity (Wildman–Crippen MR) is 210 cm³/mol. The first-order valence-corrected chi connectivity index (χ1v) is 16.9. The first kappa shape index (κ1) is 24.2. The van der Waals surface area contributed by atoms with E-state index in [0.717, 1.165) is 49.0 Å². The second-order valence-corrected chi connectivity index (χ2v) is 13.7. The zero-order chi connectivity index (χ0) is 36.2. The van der Waals surface area contributed by atoms with Crippen LogP contribution in [0.2, 0.25) is 0 Å². The van der Waals surface area contributed by atoms with Crippen molar-refractivity contribution in [2.24, 2.45) is 0 Å². The third-order valence-electron chi connectivity index (χ3n) is 10.7. The molecule has 49 heavy (non-hydrogen) atoms. The molecule has 1 aliphatic rings. The SMILES string of the molecule is [2H]c1c([2H])c(-c2c3ccccc3cc3c2ccc2ccccc23)c([2H])c([2H])c1-c1ccc2c(c1)C(C)(C)c1cc(-c3ccccc3)c3ccccc3c1-2. The molecule has 0 aromatic heterocycles. The molecule has 9 aromatic carbocycles. The maximum Gasteiger partial charge on any atom is 0.0629 e. The molecule has 230 valence electrons. The van der Waals surface area contributed by atoms with Gasteiger partial charge in [-0.2, -0.15) is 0 Å². The Morgan fingerprint density at radius 3 is 1.80 bits per heavy atom. The fourth-order valence-electron chi connectivity index (χ4n) is 8.27. The van der Waals surface area contributed by atoms with Crippen LogP contribution in [0.3, 0.4) is 0 Å². The van der Waals surface area contributed by atoms with Gasteiger partial charge in [0, 0.05) is 5.41 Å². The van der Waals surface area contributed by atoms with Gasteiger partial charge in [0.1, 0.15) is 0 Å². The van der Waals surface area contributed by atoms with Gasteiger partial charge in [0.15, 0.2) is 0 Å². The fourth-order valence-corrected chi connectivity index (χ4v) is 8.27. The molecule has 0 nitrogen and oxygen atoms in total. The summed E-state index contributed by atoms with van der Waals surface area (Å²) in [6, 6.07) is 50.2. The van der Waals surface area contributed by atoms with E-state index in [-0.39, 0.29) is 29.6 Å². The summed E-state index contributed by atoms with van der Waals surface area (Å²) in [5, 5.41) is 8.45. The molecule has 0 saturated carbocycles. The van der Waals surface area contributed by atoms with Crippen molar-refractivity contribution < 1.29 is 5.48 Å². The molecule has 0 N–H and O–H groups in total. The summed E-state index contributed by atoms with van der Waals surface area (Å²) < 4.78 is 38.0. The Labute approximate surface area is 292 Å². The summed E-state index contributed by atoms with van der Waals surface area (Å²) in [5.74, 6) is 0. The van der Waals surface area contributed by atoms with Crippen molar-refractivity contribution in [3.8, 4) is 44.5 Å². The van der Waals surface area contributed by atoms with E-state index in [1.807, 2.05) is 42.5 Å². The van der Waals surface area contributed by atoms with Crippen LogP contribution >= 0.6 is 0 Å². The van der Waals surface area contributed by atoms with Crippen LogP contribution in [0.15, 0.2) is 170 Å². The van der Waals surface area contributed by atoms with Crippen LogP contribution in [0.4, 0.5) is 0 Å². The predicted octanol–water partition coefficient (Wildman–Crippen LogP) is 13.6. The Morgan fingerprint density at radius 2 is 1.00 bits per heavy atom. The normalized spacial score (nSPS) is 14.4. The lowest BCUT2D eigenvalue weighted by Gasteiger charge is -2.23. The van der Waals surface area contributed by atoms with E-state index in [4.69, 9.17) is 0 Å². The maximum absolute atomic E-state index is 9.52. The minimum absolute atomic E-state index is 0.0339. The van der Waals surface area contributed by atoms with Gasteiger partial charge < -0.3 is 0 Å². The van der Waals surface area contributed by atoms with Crippen molar-refractivity contribution in [3.63, 3.8) is 0 Å². The molecule has 0 heterocycles. The van der Waals surface area contributed by atoms with Gasteiger partial charge in [-0.1, -0.05) is 165 Å². The molecule has 0 amide bonds. The lowest BCUT2D eigenvalue weighted by Crippen LogP contribution is -2.15. The van der Waals surface area contributed by atoms with E-state index in [9.17, 15) is 5.48 Å². The summed E-state index contributed by atoms with van der Waals surface area (Å²) in [6.07, 6.45) is 0. The van der Waals surface area contributed by atoms with Crippen molar-refractivity contribution in [1.29, 1.82) is 0 Å². The third-order valence-corrected chi connectivity index (χ3v) is 10.7. The molecule has 0 heteroatoms. The molecule has 1 aliphatic carbocycles. The van der Waals surface area contributed by atoms with Crippen LogP contribution in [0, 0.1) is 0 Å². The molecule has 0 saturated heterocycles. The van der Waals surface area contributed by atoms with Crippen LogP contribution < -0.4 is 0 Å². The van der Waals surface area contributed by atoms with Gasteiger partial charge in [0.05, 0.1) is 5.48 Å². The van der Waals surface area contributed by atoms with Crippen molar-refractivity contribution in [1.82, 2.24) is 0 Å². The van der Waals surface area contributed by atoms with E-state index in [2.05, 4.69) is 117 Å². The minimum Gasteiger partial charge on any atom is -0.0622 e. The van der Waals surface area contributed by atoms with Crippen LogP contribution in [-0.2, 0) is 5.41 Å². The molecule has 0 radical (unpaired) electrons. The van der Waals surface area contributed by atoms with Crippen molar-refractivity contribution >= 4 is 43.1 Å². The van der Waals surface area contributed by atoms with Crippen LogP contribution in [0.1, 0.15) is 30.5 Å². The van der Waals surface area contributed by atoms with E-state index >= 15 is 0 Å². The molecular weight excluding hydrogens is 589 g/mol. The highest BCUT2D eigenvalue weighted by atomic mass is 14.4. The molecule has 9 aromatic rings. The quantitative estimate of drug-likeness (QED) is 0.135. The number of hydrogen-bond acceptors (Lipinski definition) is 0. The molecule has 0 spiro atoms. The average Bonchev–Trinajstić information content (AvgIpc) is 3.42. The summed E-state index contributed by atoms with van der Waals surface area (Å²) >= 11 is 0. The second kappa shape index (κ2) is 10.5. The Kier molecular flexibility index (Phi) is 5.19. The van der Waals surface area contributed by atoms with E-state index in [1.165, 1.54) is 33.0 Å². The minimum atomic E-state index is -0.364. The van der Waals surface area contributed by atoms with E-state index < -0.39 is 0 Å². The fraction of sp³-hybridized carbons (Fsp3) is 0.0612. The van der Waals surface area contributed by atoms with Gasteiger partial charge in [-0.05, 0) is 117 Å². The van der Waals surface area contributed by atoms with Crippen molar-refractivity contribution in [3.05, 3.63) is 181 Å². The molecule has 0 bridgehead atoms. The zero-order valence-electron chi connectivity index (χ0n) is 31.4. The van der Waals surface area contributed by atoms with Gasteiger partial charge in [-0.15, -0.1) is 0 Å². The van der Waals surface area contributed by atoms with Crippen LogP contribution in [0.5, 0.6) is 0 Å². The molecule has 0 aliphatic heterocycles. The highest BCUT2D eigenvalue weighted by Crippen LogP contribution is 2.54. The zero-order valence-corrected chi connectivity index (χ0v) is 27.4. The standard InChI is InChI=1S/C49H34/c1-49(2)45-29-35(25-27-42(45)48-40-19-11-10-18-39(40)43(30-46(48)49)32-12-4-3-5-13-32)31-20-22-34(23-21-31)47-38-17-9-7-15-36(38)28-44-37-16-8-6-14-33(37)24-26-41(44)47/h3-30H,1-2H3/i20D,21D,22D,23D. The number of benzene rings is 9. The number of hydrogen-bond donors (Lipinski definition) is 0.